The fourth-order valence-electron chi connectivity index (χ4n) is 1.78. The summed E-state index contributed by atoms with van der Waals surface area (Å²) in [5.74, 6) is -0.222. The van der Waals surface area contributed by atoms with E-state index in [1.54, 1.807) is 6.07 Å². The lowest BCUT2D eigenvalue weighted by Crippen LogP contribution is -2.06. The Bertz CT molecular complexity index is 593. The van der Waals surface area contributed by atoms with Gasteiger partial charge in [0.25, 0.3) is 0 Å². The van der Waals surface area contributed by atoms with Crippen molar-refractivity contribution in [2.45, 2.75) is 13.0 Å². The number of carbonyl (C=O) groups is 1. The highest BCUT2D eigenvalue weighted by Crippen LogP contribution is 2.17. The number of hydrogen-bond acceptors (Lipinski definition) is 3. The third-order valence-corrected chi connectivity index (χ3v) is 2.68. The standard InChI is InChI=1S/C13H12N2O2/c1-17-13(16)5-7-15-6-4-11-8-10(9-14)2-3-12(11)15/h2-4,6,8H,5,7H2,1H3. The molecule has 4 nitrogen and oxygen atoms in total. The van der Waals surface area contributed by atoms with E-state index in [2.05, 4.69) is 10.8 Å². The second kappa shape index (κ2) is 4.71. The van der Waals surface area contributed by atoms with E-state index in [0.717, 1.165) is 10.9 Å². The van der Waals surface area contributed by atoms with Gasteiger partial charge in [0.1, 0.15) is 0 Å². The summed E-state index contributed by atoms with van der Waals surface area (Å²) in [6, 6.07) is 9.55. The molecule has 0 saturated heterocycles. The van der Waals surface area contributed by atoms with Crippen LogP contribution >= 0.6 is 0 Å². The van der Waals surface area contributed by atoms with E-state index >= 15 is 0 Å². The number of fused-ring (bicyclic) bond motifs is 1. The molecule has 0 aliphatic heterocycles. The zero-order chi connectivity index (χ0) is 12.3. The van der Waals surface area contributed by atoms with Crippen molar-refractivity contribution in [1.29, 1.82) is 5.26 Å². The molecule has 0 aliphatic rings. The molecule has 4 heteroatoms. The average Bonchev–Trinajstić information content (AvgIpc) is 2.77. The monoisotopic (exact) mass is 228 g/mol. The zero-order valence-corrected chi connectivity index (χ0v) is 9.51. The predicted octanol–water partition coefficient (Wildman–Crippen LogP) is 2.08. The van der Waals surface area contributed by atoms with Crippen molar-refractivity contribution in [3.63, 3.8) is 0 Å². The fourth-order valence-corrected chi connectivity index (χ4v) is 1.78. The van der Waals surface area contributed by atoms with E-state index in [1.807, 2.05) is 29.0 Å². The van der Waals surface area contributed by atoms with Crippen LogP contribution in [0.4, 0.5) is 0 Å². The van der Waals surface area contributed by atoms with Gasteiger partial charge < -0.3 is 9.30 Å². The molecule has 0 bridgehead atoms. The Morgan fingerprint density at radius 2 is 2.29 bits per heavy atom. The van der Waals surface area contributed by atoms with Gasteiger partial charge >= 0.3 is 5.97 Å². The summed E-state index contributed by atoms with van der Waals surface area (Å²) in [5, 5.41) is 9.80. The Morgan fingerprint density at radius 1 is 1.47 bits per heavy atom. The van der Waals surface area contributed by atoms with Gasteiger partial charge in [0.2, 0.25) is 0 Å². The number of rotatable bonds is 3. The van der Waals surface area contributed by atoms with Crippen LogP contribution in [0.15, 0.2) is 30.5 Å². The van der Waals surface area contributed by atoms with Crippen LogP contribution in [-0.4, -0.2) is 17.6 Å². The summed E-state index contributed by atoms with van der Waals surface area (Å²) in [6.45, 7) is 0.585. The first-order valence-corrected chi connectivity index (χ1v) is 5.30. The van der Waals surface area contributed by atoms with Crippen LogP contribution in [0.5, 0.6) is 0 Å². The maximum absolute atomic E-state index is 11.1. The van der Waals surface area contributed by atoms with Crippen LogP contribution in [0.3, 0.4) is 0 Å². The van der Waals surface area contributed by atoms with Crippen LogP contribution in [-0.2, 0) is 16.1 Å². The van der Waals surface area contributed by atoms with E-state index in [4.69, 9.17) is 5.26 Å². The molecule has 0 amide bonds. The number of ether oxygens (including phenoxy) is 1. The molecule has 0 atom stereocenters. The Kier molecular flexibility index (Phi) is 3.10. The zero-order valence-electron chi connectivity index (χ0n) is 9.51. The molecule has 0 N–H and O–H groups in total. The van der Waals surface area contributed by atoms with E-state index in [1.165, 1.54) is 7.11 Å². The van der Waals surface area contributed by atoms with Gasteiger partial charge in [-0.2, -0.15) is 5.26 Å². The highest BCUT2D eigenvalue weighted by atomic mass is 16.5. The summed E-state index contributed by atoms with van der Waals surface area (Å²) >= 11 is 0. The molecule has 1 heterocycles. The maximum Gasteiger partial charge on any atom is 0.307 e. The highest BCUT2D eigenvalue weighted by Gasteiger charge is 2.05. The van der Waals surface area contributed by atoms with Gasteiger partial charge in [-0.3, -0.25) is 4.79 Å². The molecule has 0 aliphatic carbocycles. The third kappa shape index (κ3) is 2.28. The third-order valence-electron chi connectivity index (χ3n) is 2.68. The molecule has 2 aromatic rings. The summed E-state index contributed by atoms with van der Waals surface area (Å²) in [5.41, 5.74) is 1.66. The van der Waals surface area contributed by atoms with Crippen molar-refractivity contribution in [1.82, 2.24) is 4.57 Å². The van der Waals surface area contributed by atoms with Gasteiger partial charge in [-0.15, -0.1) is 0 Å². The SMILES string of the molecule is COC(=O)CCn1ccc2cc(C#N)ccc21. The number of hydrogen-bond donors (Lipinski definition) is 0. The fraction of sp³-hybridized carbons (Fsp3) is 0.231. The molecular formula is C13H12N2O2. The van der Waals surface area contributed by atoms with Crippen molar-refractivity contribution >= 4 is 16.9 Å². The lowest BCUT2D eigenvalue weighted by molar-refractivity contribution is -0.140. The van der Waals surface area contributed by atoms with Crippen molar-refractivity contribution < 1.29 is 9.53 Å². The first kappa shape index (κ1) is 11.2. The predicted molar refractivity (Wildman–Crippen MR) is 63.3 cm³/mol. The second-order valence-corrected chi connectivity index (χ2v) is 3.72. The molecule has 2 rings (SSSR count). The molecule has 17 heavy (non-hydrogen) atoms. The summed E-state index contributed by atoms with van der Waals surface area (Å²) in [7, 11) is 1.38. The van der Waals surface area contributed by atoms with E-state index in [9.17, 15) is 4.79 Å². The molecule has 1 aromatic heterocycles. The average molecular weight is 228 g/mol. The normalized spacial score (nSPS) is 10.1. The smallest absolute Gasteiger partial charge is 0.307 e. The molecular weight excluding hydrogens is 216 g/mol. The van der Waals surface area contributed by atoms with E-state index < -0.39 is 0 Å². The molecule has 0 unspecified atom stereocenters. The summed E-state index contributed by atoms with van der Waals surface area (Å²) in [4.78, 5) is 11.1. The van der Waals surface area contributed by atoms with Gasteiger partial charge in [-0.05, 0) is 24.3 Å². The number of nitriles is 1. The molecule has 1 aromatic carbocycles. The van der Waals surface area contributed by atoms with Gasteiger partial charge in [0.15, 0.2) is 0 Å². The first-order valence-electron chi connectivity index (χ1n) is 5.30. The van der Waals surface area contributed by atoms with Gasteiger partial charge in [0.05, 0.1) is 25.2 Å². The van der Waals surface area contributed by atoms with Crippen LogP contribution in [0.1, 0.15) is 12.0 Å². The number of aromatic nitrogens is 1. The van der Waals surface area contributed by atoms with Gasteiger partial charge in [-0.25, -0.2) is 0 Å². The van der Waals surface area contributed by atoms with Crippen molar-refractivity contribution in [2.75, 3.05) is 7.11 Å². The molecule has 86 valence electrons. The molecule has 0 saturated carbocycles. The van der Waals surface area contributed by atoms with Gasteiger partial charge in [0, 0.05) is 23.6 Å². The lowest BCUT2D eigenvalue weighted by atomic mass is 10.2. The quantitative estimate of drug-likeness (QED) is 0.756. The number of esters is 1. The summed E-state index contributed by atoms with van der Waals surface area (Å²) in [6.07, 6.45) is 2.26. The molecule has 0 radical (unpaired) electrons. The second-order valence-electron chi connectivity index (χ2n) is 3.72. The van der Waals surface area contributed by atoms with Crippen LogP contribution < -0.4 is 0 Å². The van der Waals surface area contributed by atoms with E-state index in [0.29, 0.717) is 18.5 Å². The van der Waals surface area contributed by atoms with Crippen LogP contribution in [0.25, 0.3) is 10.9 Å². The minimum atomic E-state index is -0.222. The summed E-state index contributed by atoms with van der Waals surface area (Å²) < 4.78 is 6.58. The Morgan fingerprint density at radius 3 is 3.00 bits per heavy atom. The highest BCUT2D eigenvalue weighted by molar-refractivity contribution is 5.81. The molecule has 0 spiro atoms. The van der Waals surface area contributed by atoms with Gasteiger partial charge in [-0.1, -0.05) is 0 Å². The van der Waals surface area contributed by atoms with Crippen LogP contribution in [0, 0.1) is 11.3 Å². The van der Waals surface area contributed by atoms with Crippen molar-refractivity contribution in [3.8, 4) is 6.07 Å². The Balaban J connectivity index is 2.25. The van der Waals surface area contributed by atoms with Crippen molar-refractivity contribution in [3.05, 3.63) is 36.0 Å². The lowest BCUT2D eigenvalue weighted by Gasteiger charge is -2.04. The Hall–Kier alpha value is -2.28. The van der Waals surface area contributed by atoms with E-state index in [-0.39, 0.29) is 5.97 Å². The number of carbonyl (C=O) groups excluding carboxylic acids is 1. The Labute approximate surface area is 99.0 Å². The number of methoxy groups -OCH3 is 1. The topological polar surface area (TPSA) is 55.0 Å². The minimum absolute atomic E-state index is 0.222. The largest absolute Gasteiger partial charge is 0.469 e. The number of nitrogens with zero attached hydrogens (tertiary/aromatic N) is 2. The van der Waals surface area contributed by atoms with Crippen molar-refractivity contribution in [2.24, 2.45) is 0 Å². The minimum Gasteiger partial charge on any atom is -0.469 e. The van der Waals surface area contributed by atoms with Crippen LogP contribution in [0.2, 0.25) is 0 Å². The maximum atomic E-state index is 11.1. The number of benzene rings is 1. The first-order chi connectivity index (χ1) is 8.24. The molecule has 0 fully saturated rings. The number of aryl methyl sites for hydroxylation is 1.